The molecule has 0 saturated carbocycles. The molecule has 0 aliphatic rings. The van der Waals surface area contributed by atoms with Crippen molar-refractivity contribution in [1.29, 1.82) is 0 Å². The monoisotopic (exact) mass is 395 g/mol. The Balaban J connectivity index is 1.68. The highest BCUT2D eigenvalue weighted by molar-refractivity contribution is 7.15. The fourth-order valence-corrected chi connectivity index (χ4v) is 3.25. The molecule has 0 atom stereocenters. The Labute approximate surface area is 157 Å². The van der Waals surface area contributed by atoms with Gasteiger partial charge in [0.15, 0.2) is 5.69 Å². The van der Waals surface area contributed by atoms with Gasteiger partial charge in [-0.15, -0.1) is 11.3 Å². The van der Waals surface area contributed by atoms with Crippen molar-refractivity contribution < 1.29 is 18.0 Å². The third kappa shape index (κ3) is 4.33. The molecule has 0 unspecified atom stereocenters. The van der Waals surface area contributed by atoms with Crippen molar-refractivity contribution in [3.8, 4) is 10.6 Å². The quantitative estimate of drug-likeness (QED) is 0.718. The van der Waals surface area contributed by atoms with E-state index in [0.717, 1.165) is 38.3 Å². The zero-order valence-electron chi connectivity index (χ0n) is 14.5. The number of rotatable bonds is 5. The average molecular weight is 395 g/mol. The molecule has 3 heterocycles. The summed E-state index contributed by atoms with van der Waals surface area (Å²) in [4.78, 5) is 21.5. The van der Waals surface area contributed by atoms with E-state index in [-0.39, 0.29) is 12.2 Å². The predicted molar refractivity (Wildman–Crippen MR) is 94.1 cm³/mol. The van der Waals surface area contributed by atoms with Crippen LogP contribution in [0.4, 0.5) is 13.2 Å². The molecule has 0 saturated heterocycles. The molecule has 3 aromatic heterocycles. The van der Waals surface area contributed by atoms with Crippen LogP contribution in [0.25, 0.3) is 10.6 Å². The molecular formula is C17H16F3N5OS. The molecule has 1 N–H and O–H groups in total. The molecule has 0 aromatic carbocycles. The van der Waals surface area contributed by atoms with Gasteiger partial charge in [0.25, 0.3) is 5.91 Å². The molecule has 0 aliphatic carbocycles. The van der Waals surface area contributed by atoms with Crippen molar-refractivity contribution in [2.45, 2.75) is 26.1 Å². The second-order valence-corrected chi connectivity index (χ2v) is 6.86. The van der Waals surface area contributed by atoms with Crippen molar-refractivity contribution in [2.75, 3.05) is 0 Å². The first-order valence-electron chi connectivity index (χ1n) is 8.07. The first kappa shape index (κ1) is 19.0. The number of nitrogens with one attached hydrogen (secondary N) is 1. The number of aromatic nitrogens is 4. The molecule has 0 fully saturated rings. The van der Waals surface area contributed by atoms with Crippen LogP contribution in [0.15, 0.2) is 30.6 Å². The number of halogens is 3. The highest BCUT2D eigenvalue weighted by Crippen LogP contribution is 2.28. The van der Waals surface area contributed by atoms with E-state index < -0.39 is 17.8 Å². The smallest absolute Gasteiger partial charge is 0.346 e. The van der Waals surface area contributed by atoms with Gasteiger partial charge in [-0.05, 0) is 18.6 Å². The number of hydrogen-bond acceptors (Lipinski definition) is 5. The number of carbonyl (C=O) groups is 1. The molecule has 6 nitrogen and oxygen atoms in total. The summed E-state index contributed by atoms with van der Waals surface area (Å²) in [6.45, 7) is 2.17. The Morgan fingerprint density at radius 2 is 2.07 bits per heavy atom. The number of nitrogens with zero attached hydrogens (tertiary/aromatic N) is 4. The molecule has 3 aromatic rings. The Bertz CT molecular complexity index is 964. The van der Waals surface area contributed by atoms with Gasteiger partial charge in [0.2, 0.25) is 0 Å². The first-order chi connectivity index (χ1) is 12.8. The van der Waals surface area contributed by atoms with Crippen LogP contribution < -0.4 is 5.32 Å². The van der Waals surface area contributed by atoms with Crippen molar-refractivity contribution in [2.24, 2.45) is 7.05 Å². The maximum atomic E-state index is 12.7. The molecule has 0 bridgehead atoms. The Kier molecular flexibility index (Phi) is 5.26. The summed E-state index contributed by atoms with van der Waals surface area (Å²) in [5, 5.41) is 6.72. The molecule has 3 rings (SSSR count). The number of amides is 1. The lowest BCUT2D eigenvalue weighted by molar-refractivity contribution is -0.141. The minimum atomic E-state index is -4.59. The van der Waals surface area contributed by atoms with Gasteiger partial charge in [0.1, 0.15) is 10.7 Å². The first-order valence-corrected chi connectivity index (χ1v) is 8.89. The lowest BCUT2D eigenvalue weighted by Crippen LogP contribution is -2.24. The summed E-state index contributed by atoms with van der Waals surface area (Å²) in [6, 6.07) is 4.54. The lowest BCUT2D eigenvalue weighted by atomic mass is 10.2. The van der Waals surface area contributed by atoms with E-state index in [1.165, 1.54) is 18.4 Å². The van der Waals surface area contributed by atoms with Gasteiger partial charge >= 0.3 is 6.18 Å². The number of hydrogen-bond donors (Lipinski definition) is 1. The van der Waals surface area contributed by atoms with Crippen molar-refractivity contribution in [3.63, 3.8) is 0 Å². The Morgan fingerprint density at radius 1 is 1.30 bits per heavy atom. The largest absolute Gasteiger partial charge is 0.435 e. The summed E-state index contributed by atoms with van der Waals surface area (Å²) in [5.74, 6) is -0.632. The zero-order chi connectivity index (χ0) is 19.6. The molecule has 10 heteroatoms. The number of thiazole rings is 1. The molecule has 0 aliphatic heterocycles. The number of pyridine rings is 1. The van der Waals surface area contributed by atoms with Crippen molar-refractivity contribution >= 4 is 17.2 Å². The topological polar surface area (TPSA) is 72.7 Å². The summed E-state index contributed by atoms with van der Waals surface area (Å²) >= 11 is 1.40. The van der Waals surface area contributed by atoms with E-state index in [2.05, 4.69) is 20.4 Å². The van der Waals surface area contributed by atoms with Crippen LogP contribution in [0, 0.1) is 0 Å². The van der Waals surface area contributed by atoms with Gasteiger partial charge in [0, 0.05) is 41.6 Å². The normalized spacial score (nSPS) is 11.6. The average Bonchev–Trinajstić information content (AvgIpc) is 3.26. The Hall–Kier alpha value is -2.75. The standard InChI is InChI=1S/C17H16F3N5OS/c1-3-11-6-10(4-5-21-11)16-23-9-12(27-16)8-22-15(26)13-7-14(17(18,19)20)24-25(13)2/h4-7,9H,3,8H2,1-2H3,(H,22,26). The summed E-state index contributed by atoms with van der Waals surface area (Å²) in [6.07, 6.45) is -0.425. The van der Waals surface area contributed by atoms with Gasteiger partial charge in [-0.3, -0.25) is 14.5 Å². The second kappa shape index (κ2) is 7.47. The van der Waals surface area contributed by atoms with E-state index >= 15 is 0 Å². The molecule has 0 spiro atoms. The maximum Gasteiger partial charge on any atom is 0.435 e. The predicted octanol–water partition coefficient (Wildman–Crippen LogP) is 3.45. The number of aryl methyl sites for hydroxylation is 2. The highest BCUT2D eigenvalue weighted by Gasteiger charge is 2.35. The summed E-state index contributed by atoms with van der Waals surface area (Å²) in [7, 11) is 1.30. The third-order valence-electron chi connectivity index (χ3n) is 3.81. The molecule has 1 amide bonds. The van der Waals surface area contributed by atoms with Crippen LogP contribution >= 0.6 is 11.3 Å². The second-order valence-electron chi connectivity index (χ2n) is 5.74. The Morgan fingerprint density at radius 3 is 2.74 bits per heavy atom. The van der Waals surface area contributed by atoms with Crippen molar-refractivity contribution in [1.82, 2.24) is 25.1 Å². The molecule has 27 heavy (non-hydrogen) atoms. The van der Waals surface area contributed by atoms with Gasteiger partial charge in [0.05, 0.1) is 6.54 Å². The van der Waals surface area contributed by atoms with E-state index in [1.54, 1.807) is 12.4 Å². The molecular weight excluding hydrogens is 379 g/mol. The number of carbonyl (C=O) groups excluding carboxylic acids is 1. The van der Waals surface area contributed by atoms with E-state index in [9.17, 15) is 18.0 Å². The minimum absolute atomic E-state index is 0.159. The fraction of sp³-hybridized carbons (Fsp3) is 0.294. The van der Waals surface area contributed by atoms with Crippen LogP contribution in [0.1, 0.15) is 33.7 Å². The molecule has 0 radical (unpaired) electrons. The van der Waals surface area contributed by atoms with Crippen molar-refractivity contribution in [3.05, 3.63) is 52.6 Å². The van der Waals surface area contributed by atoms with Gasteiger partial charge < -0.3 is 5.32 Å². The van der Waals surface area contributed by atoms with Gasteiger partial charge in [-0.1, -0.05) is 6.92 Å². The third-order valence-corrected chi connectivity index (χ3v) is 4.85. The van der Waals surface area contributed by atoms with Crippen LogP contribution in [-0.4, -0.2) is 25.7 Å². The van der Waals surface area contributed by atoms with E-state index in [0.29, 0.717) is 0 Å². The van der Waals surface area contributed by atoms with E-state index in [4.69, 9.17) is 0 Å². The van der Waals surface area contributed by atoms with Gasteiger partial charge in [-0.2, -0.15) is 18.3 Å². The summed E-state index contributed by atoms with van der Waals surface area (Å²) in [5.41, 5.74) is 0.633. The molecule has 142 valence electrons. The number of alkyl halides is 3. The summed E-state index contributed by atoms with van der Waals surface area (Å²) < 4.78 is 39.0. The maximum absolute atomic E-state index is 12.7. The lowest BCUT2D eigenvalue weighted by Gasteiger charge is -2.03. The zero-order valence-corrected chi connectivity index (χ0v) is 15.4. The van der Waals surface area contributed by atoms with Crippen LogP contribution in [-0.2, 0) is 26.2 Å². The van der Waals surface area contributed by atoms with Crippen LogP contribution in [0.2, 0.25) is 0 Å². The SMILES string of the molecule is CCc1cc(-c2ncc(CNC(=O)c3cc(C(F)(F)F)nn3C)s2)ccn1. The van der Waals surface area contributed by atoms with Gasteiger partial charge in [-0.25, -0.2) is 4.98 Å². The van der Waals surface area contributed by atoms with Crippen LogP contribution in [0.3, 0.4) is 0 Å². The van der Waals surface area contributed by atoms with E-state index in [1.807, 2.05) is 19.1 Å². The van der Waals surface area contributed by atoms with Crippen LogP contribution in [0.5, 0.6) is 0 Å². The minimum Gasteiger partial charge on any atom is -0.346 e. The fourth-order valence-electron chi connectivity index (χ4n) is 2.40. The highest BCUT2D eigenvalue weighted by atomic mass is 32.1.